The maximum absolute atomic E-state index is 6.17. The third-order valence-electron chi connectivity index (χ3n) is 5.26. The molecule has 3 heteroatoms. The molecule has 0 aromatic heterocycles. The number of nitrogens with one attached hydrogen (secondary N) is 1. The Morgan fingerprint density at radius 1 is 1.33 bits per heavy atom. The van der Waals surface area contributed by atoms with Crippen LogP contribution >= 0.6 is 0 Å². The lowest BCUT2D eigenvalue weighted by atomic mass is 9.97. The van der Waals surface area contributed by atoms with Crippen molar-refractivity contribution in [1.82, 2.24) is 10.2 Å². The Balaban J connectivity index is 1.65. The number of hydrogen-bond donors (Lipinski definition) is 1. The summed E-state index contributed by atoms with van der Waals surface area (Å²) >= 11 is 0. The normalized spacial score (nSPS) is 27.6. The van der Waals surface area contributed by atoms with E-state index >= 15 is 0 Å². The Morgan fingerprint density at radius 3 is 2.95 bits per heavy atom. The van der Waals surface area contributed by atoms with Gasteiger partial charge in [-0.25, -0.2) is 0 Å². The molecule has 2 saturated heterocycles. The molecule has 0 spiro atoms. The van der Waals surface area contributed by atoms with Gasteiger partial charge in [-0.2, -0.15) is 0 Å². The molecular formula is C18H28N2O. The molecule has 2 fully saturated rings. The first-order chi connectivity index (χ1) is 10.2. The van der Waals surface area contributed by atoms with E-state index in [-0.39, 0.29) is 0 Å². The molecule has 0 radical (unpaired) electrons. The van der Waals surface area contributed by atoms with E-state index < -0.39 is 0 Å². The number of nitrogens with zero attached hydrogens (tertiary/aromatic N) is 1. The van der Waals surface area contributed by atoms with Gasteiger partial charge in [0.25, 0.3) is 0 Å². The Bertz CT molecular complexity index is 488. The topological polar surface area (TPSA) is 24.5 Å². The van der Waals surface area contributed by atoms with Crippen LogP contribution in [-0.2, 0) is 11.2 Å². The summed E-state index contributed by atoms with van der Waals surface area (Å²) in [4.78, 5) is 2.62. The Hall–Kier alpha value is -0.900. The molecule has 3 unspecified atom stereocenters. The van der Waals surface area contributed by atoms with Gasteiger partial charge in [-0.05, 0) is 63.4 Å². The lowest BCUT2D eigenvalue weighted by molar-refractivity contribution is -0.0634. The van der Waals surface area contributed by atoms with Gasteiger partial charge < -0.3 is 10.1 Å². The van der Waals surface area contributed by atoms with Crippen LogP contribution in [0, 0.1) is 13.8 Å². The van der Waals surface area contributed by atoms with Crippen LogP contribution in [0.3, 0.4) is 0 Å². The van der Waals surface area contributed by atoms with Crippen molar-refractivity contribution < 1.29 is 4.74 Å². The van der Waals surface area contributed by atoms with E-state index in [0.29, 0.717) is 18.2 Å². The fraction of sp³-hybridized carbons (Fsp3) is 0.667. The SMILES string of the molecule is CNC(Cc1ccc(C)c(C)c1)C1CN2CCCC2CO1. The summed E-state index contributed by atoms with van der Waals surface area (Å²) in [5.74, 6) is 0. The molecule has 0 bridgehead atoms. The number of morpholine rings is 1. The van der Waals surface area contributed by atoms with Gasteiger partial charge in [-0.15, -0.1) is 0 Å². The number of likely N-dealkylation sites (N-methyl/N-ethyl adjacent to an activating group) is 1. The minimum Gasteiger partial charge on any atom is -0.374 e. The minimum atomic E-state index is 0.311. The molecule has 21 heavy (non-hydrogen) atoms. The van der Waals surface area contributed by atoms with Gasteiger partial charge in [0.2, 0.25) is 0 Å². The fourth-order valence-corrected chi connectivity index (χ4v) is 3.69. The molecule has 1 aromatic rings. The molecule has 2 aliphatic heterocycles. The number of rotatable bonds is 4. The van der Waals surface area contributed by atoms with Crippen molar-refractivity contribution in [2.45, 2.75) is 51.3 Å². The zero-order valence-electron chi connectivity index (χ0n) is 13.6. The summed E-state index contributed by atoms with van der Waals surface area (Å²) in [5, 5.41) is 3.48. The minimum absolute atomic E-state index is 0.311. The summed E-state index contributed by atoms with van der Waals surface area (Å²) in [6.45, 7) is 7.62. The quantitative estimate of drug-likeness (QED) is 0.920. The van der Waals surface area contributed by atoms with Crippen molar-refractivity contribution in [2.75, 3.05) is 26.7 Å². The predicted octanol–water partition coefficient (Wildman–Crippen LogP) is 2.30. The van der Waals surface area contributed by atoms with Gasteiger partial charge in [0, 0.05) is 18.6 Å². The third kappa shape index (κ3) is 3.31. The molecule has 116 valence electrons. The van der Waals surface area contributed by atoms with Gasteiger partial charge >= 0.3 is 0 Å². The van der Waals surface area contributed by atoms with Crippen molar-refractivity contribution >= 4 is 0 Å². The highest BCUT2D eigenvalue weighted by Gasteiger charge is 2.35. The zero-order valence-corrected chi connectivity index (χ0v) is 13.6. The predicted molar refractivity (Wildman–Crippen MR) is 86.8 cm³/mol. The fourth-order valence-electron chi connectivity index (χ4n) is 3.69. The van der Waals surface area contributed by atoms with Crippen molar-refractivity contribution in [1.29, 1.82) is 0 Å². The molecule has 1 aromatic carbocycles. The highest BCUT2D eigenvalue weighted by Crippen LogP contribution is 2.24. The van der Waals surface area contributed by atoms with Crippen LogP contribution < -0.4 is 5.32 Å². The van der Waals surface area contributed by atoms with Crippen LogP contribution in [0.4, 0.5) is 0 Å². The lowest BCUT2D eigenvalue weighted by Crippen LogP contribution is -2.54. The smallest absolute Gasteiger partial charge is 0.0858 e. The van der Waals surface area contributed by atoms with Crippen molar-refractivity contribution in [3.8, 4) is 0 Å². The average Bonchev–Trinajstić information content (AvgIpc) is 2.95. The number of ether oxygens (including phenoxy) is 1. The first kappa shape index (κ1) is 15.0. The molecule has 3 rings (SSSR count). The molecule has 1 N–H and O–H groups in total. The molecular weight excluding hydrogens is 260 g/mol. The molecule has 0 aliphatic carbocycles. The molecule has 0 amide bonds. The maximum atomic E-state index is 6.17. The second-order valence-corrected chi connectivity index (χ2v) is 6.68. The van der Waals surface area contributed by atoms with Crippen molar-refractivity contribution in [3.05, 3.63) is 34.9 Å². The number of fused-ring (bicyclic) bond motifs is 1. The number of aryl methyl sites for hydroxylation is 2. The largest absolute Gasteiger partial charge is 0.374 e. The standard InChI is InChI=1S/C18H28N2O/c1-13-6-7-15(9-14(13)2)10-17(19-3)18-11-20-8-4-5-16(20)12-21-18/h6-7,9,16-19H,4-5,8,10-12H2,1-3H3. The summed E-state index contributed by atoms with van der Waals surface area (Å²) in [6, 6.07) is 7.89. The van der Waals surface area contributed by atoms with Gasteiger partial charge in [-0.1, -0.05) is 18.2 Å². The van der Waals surface area contributed by atoms with E-state index in [4.69, 9.17) is 4.74 Å². The van der Waals surface area contributed by atoms with Gasteiger partial charge in [0.15, 0.2) is 0 Å². The van der Waals surface area contributed by atoms with Crippen LogP contribution in [0.2, 0.25) is 0 Å². The van der Waals surface area contributed by atoms with Crippen molar-refractivity contribution in [2.24, 2.45) is 0 Å². The Morgan fingerprint density at radius 2 is 2.19 bits per heavy atom. The Kier molecular flexibility index (Phi) is 4.63. The monoisotopic (exact) mass is 288 g/mol. The van der Waals surface area contributed by atoms with E-state index in [1.165, 1.54) is 36.1 Å². The number of hydrogen-bond acceptors (Lipinski definition) is 3. The van der Waals surface area contributed by atoms with E-state index in [0.717, 1.165) is 19.6 Å². The summed E-state index contributed by atoms with van der Waals surface area (Å²) in [5.41, 5.74) is 4.16. The van der Waals surface area contributed by atoms with E-state index in [1.807, 2.05) is 0 Å². The van der Waals surface area contributed by atoms with E-state index in [1.54, 1.807) is 0 Å². The summed E-state index contributed by atoms with van der Waals surface area (Å²) in [6.07, 6.45) is 4.00. The van der Waals surface area contributed by atoms with Gasteiger partial charge in [0.1, 0.15) is 0 Å². The Labute approximate surface area is 128 Å². The van der Waals surface area contributed by atoms with E-state index in [9.17, 15) is 0 Å². The zero-order chi connectivity index (χ0) is 14.8. The molecule has 3 nitrogen and oxygen atoms in total. The van der Waals surface area contributed by atoms with Crippen LogP contribution in [0.15, 0.2) is 18.2 Å². The molecule has 0 saturated carbocycles. The number of benzene rings is 1. The van der Waals surface area contributed by atoms with Crippen molar-refractivity contribution in [3.63, 3.8) is 0 Å². The molecule has 2 aliphatic rings. The van der Waals surface area contributed by atoms with Gasteiger partial charge in [-0.3, -0.25) is 4.90 Å². The van der Waals surface area contributed by atoms with Crippen LogP contribution in [-0.4, -0.2) is 49.8 Å². The van der Waals surface area contributed by atoms with Crippen LogP contribution in [0.25, 0.3) is 0 Å². The van der Waals surface area contributed by atoms with Crippen LogP contribution in [0.1, 0.15) is 29.5 Å². The summed E-state index contributed by atoms with van der Waals surface area (Å²) < 4.78 is 6.17. The second kappa shape index (κ2) is 6.47. The highest BCUT2D eigenvalue weighted by molar-refractivity contribution is 5.30. The highest BCUT2D eigenvalue weighted by atomic mass is 16.5. The lowest BCUT2D eigenvalue weighted by Gasteiger charge is -2.39. The average molecular weight is 288 g/mol. The maximum Gasteiger partial charge on any atom is 0.0858 e. The first-order valence-corrected chi connectivity index (χ1v) is 8.26. The van der Waals surface area contributed by atoms with Gasteiger partial charge in [0.05, 0.1) is 12.7 Å². The second-order valence-electron chi connectivity index (χ2n) is 6.68. The molecule has 2 heterocycles. The van der Waals surface area contributed by atoms with Crippen LogP contribution in [0.5, 0.6) is 0 Å². The third-order valence-corrected chi connectivity index (χ3v) is 5.26. The molecule has 3 atom stereocenters. The summed E-state index contributed by atoms with van der Waals surface area (Å²) in [7, 11) is 2.06. The van der Waals surface area contributed by atoms with E-state index in [2.05, 4.69) is 49.3 Å². The first-order valence-electron chi connectivity index (χ1n) is 8.26.